The van der Waals surface area contributed by atoms with Gasteiger partial charge in [-0.25, -0.2) is 4.79 Å². The molecule has 3 N–H and O–H groups in total. The molecule has 2 rings (SSSR count). The van der Waals surface area contributed by atoms with Crippen LogP contribution in [-0.2, 0) is 0 Å². The Kier molecular flexibility index (Phi) is 4.98. The zero-order chi connectivity index (χ0) is 14.5. The molecule has 20 heavy (non-hydrogen) atoms. The highest BCUT2D eigenvalue weighted by atomic mass is 16.2. The Labute approximate surface area is 120 Å². The van der Waals surface area contributed by atoms with Crippen LogP contribution in [0.5, 0.6) is 0 Å². The van der Waals surface area contributed by atoms with E-state index in [4.69, 9.17) is 0 Å². The highest BCUT2D eigenvalue weighted by Crippen LogP contribution is 2.17. The summed E-state index contributed by atoms with van der Waals surface area (Å²) in [5.41, 5.74) is 1.99. The maximum absolute atomic E-state index is 12.0. The molecule has 5 heteroatoms. The Morgan fingerprint density at radius 2 is 2.25 bits per heavy atom. The van der Waals surface area contributed by atoms with E-state index in [1.807, 2.05) is 25.2 Å². The van der Waals surface area contributed by atoms with Crippen molar-refractivity contribution in [2.75, 3.05) is 32.5 Å². The largest absolute Gasteiger partial charge is 0.334 e. The van der Waals surface area contributed by atoms with Crippen LogP contribution in [0, 0.1) is 0 Å². The van der Waals surface area contributed by atoms with Crippen molar-refractivity contribution < 1.29 is 4.79 Å². The molecule has 110 valence electrons. The van der Waals surface area contributed by atoms with E-state index in [2.05, 4.69) is 40.9 Å². The minimum Gasteiger partial charge on any atom is -0.334 e. The Balaban J connectivity index is 1.90. The van der Waals surface area contributed by atoms with Crippen molar-refractivity contribution in [2.45, 2.75) is 25.4 Å². The number of urea groups is 1. The van der Waals surface area contributed by atoms with E-state index in [1.54, 1.807) is 0 Å². The van der Waals surface area contributed by atoms with Gasteiger partial charge in [-0.1, -0.05) is 12.1 Å². The molecule has 2 unspecified atom stereocenters. The Hall–Kier alpha value is -1.59. The Bertz CT molecular complexity index is 463. The Morgan fingerprint density at radius 1 is 1.45 bits per heavy atom. The summed E-state index contributed by atoms with van der Waals surface area (Å²) in [5.74, 6) is 0. The molecular formula is C15H24N4O. The minimum absolute atomic E-state index is 0.125. The molecule has 1 aromatic rings. The third kappa shape index (κ3) is 3.95. The number of amides is 2. The number of carbonyl (C=O) groups excluding carboxylic acids is 1. The van der Waals surface area contributed by atoms with Gasteiger partial charge in [0.25, 0.3) is 0 Å². The molecule has 2 atom stereocenters. The lowest BCUT2D eigenvalue weighted by Crippen LogP contribution is -2.39. The first-order valence-electron chi connectivity index (χ1n) is 7.12. The fraction of sp³-hybridized carbons (Fsp3) is 0.533. The number of benzene rings is 1. The molecule has 1 aliphatic heterocycles. The second-order valence-corrected chi connectivity index (χ2v) is 5.48. The van der Waals surface area contributed by atoms with Gasteiger partial charge in [0.2, 0.25) is 0 Å². The van der Waals surface area contributed by atoms with Gasteiger partial charge in [-0.05, 0) is 51.7 Å². The van der Waals surface area contributed by atoms with Crippen molar-refractivity contribution >= 4 is 11.7 Å². The molecule has 0 radical (unpaired) electrons. The van der Waals surface area contributed by atoms with Crippen molar-refractivity contribution in [3.63, 3.8) is 0 Å². The number of hydrogen-bond acceptors (Lipinski definition) is 3. The molecule has 1 aromatic carbocycles. The summed E-state index contributed by atoms with van der Waals surface area (Å²) < 4.78 is 0. The number of hydrogen-bond donors (Lipinski definition) is 3. The summed E-state index contributed by atoms with van der Waals surface area (Å²) in [4.78, 5) is 14.2. The summed E-state index contributed by atoms with van der Waals surface area (Å²) >= 11 is 0. The fourth-order valence-electron chi connectivity index (χ4n) is 2.46. The maximum Gasteiger partial charge on any atom is 0.319 e. The van der Waals surface area contributed by atoms with Gasteiger partial charge >= 0.3 is 6.03 Å². The molecule has 0 saturated carbocycles. The van der Waals surface area contributed by atoms with Crippen LogP contribution in [0.15, 0.2) is 24.3 Å². The van der Waals surface area contributed by atoms with Crippen LogP contribution >= 0.6 is 0 Å². The molecular weight excluding hydrogens is 252 g/mol. The first-order chi connectivity index (χ1) is 9.58. The van der Waals surface area contributed by atoms with Gasteiger partial charge in [-0.2, -0.15) is 0 Å². The molecule has 0 spiro atoms. The van der Waals surface area contributed by atoms with Gasteiger partial charge in [-0.15, -0.1) is 0 Å². The summed E-state index contributed by atoms with van der Waals surface area (Å²) in [6.07, 6.45) is 1.01. The average Bonchev–Trinajstić information content (AvgIpc) is 2.83. The average molecular weight is 276 g/mol. The second kappa shape index (κ2) is 6.72. The summed E-state index contributed by atoms with van der Waals surface area (Å²) in [5, 5.41) is 9.11. The van der Waals surface area contributed by atoms with Gasteiger partial charge < -0.3 is 20.9 Å². The SMILES string of the molecule is CNC(C)c1cccc(NC(=O)NC2CCN(C)C2)c1. The lowest BCUT2D eigenvalue weighted by atomic mass is 10.1. The molecule has 5 nitrogen and oxygen atoms in total. The number of rotatable bonds is 4. The summed E-state index contributed by atoms with van der Waals surface area (Å²) in [6, 6.07) is 8.31. The van der Waals surface area contributed by atoms with E-state index in [0.717, 1.165) is 30.8 Å². The minimum atomic E-state index is -0.125. The molecule has 2 amide bonds. The van der Waals surface area contributed by atoms with Gasteiger partial charge in [-0.3, -0.25) is 0 Å². The summed E-state index contributed by atoms with van der Waals surface area (Å²) in [7, 11) is 4.00. The normalized spacial score (nSPS) is 20.6. The van der Waals surface area contributed by atoms with Crippen molar-refractivity contribution in [2.24, 2.45) is 0 Å². The van der Waals surface area contributed by atoms with Crippen LogP contribution in [0.25, 0.3) is 0 Å². The lowest BCUT2D eigenvalue weighted by molar-refractivity contribution is 0.248. The number of nitrogens with one attached hydrogen (secondary N) is 3. The van der Waals surface area contributed by atoms with Gasteiger partial charge in [0.05, 0.1) is 0 Å². The van der Waals surface area contributed by atoms with Gasteiger partial charge in [0, 0.05) is 24.3 Å². The highest BCUT2D eigenvalue weighted by molar-refractivity contribution is 5.89. The third-order valence-corrected chi connectivity index (χ3v) is 3.80. The Morgan fingerprint density at radius 3 is 2.90 bits per heavy atom. The first-order valence-corrected chi connectivity index (χ1v) is 7.12. The van der Waals surface area contributed by atoms with Gasteiger partial charge in [0.15, 0.2) is 0 Å². The van der Waals surface area contributed by atoms with Crippen molar-refractivity contribution in [1.82, 2.24) is 15.5 Å². The monoisotopic (exact) mass is 276 g/mol. The summed E-state index contributed by atoms with van der Waals surface area (Å²) in [6.45, 7) is 4.05. The predicted molar refractivity (Wildman–Crippen MR) is 82.0 cm³/mol. The fourth-order valence-corrected chi connectivity index (χ4v) is 2.46. The van der Waals surface area contributed by atoms with E-state index < -0.39 is 0 Å². The number of anilines is 1. The molecule has 1 heterocycles. The van der Waals surface area contributed by atoms with Crippen LogP contribution in [0.1, 0.15) is 24.9 Å². The smallest absolute Gasteiger partial charge is 0.319 e. The van der Waals surface area contributed by atoms with Gasteiger partial charge in [0.1, 0.15) is 0 Å². The van der Waals surface area contributed by atoms with E-state index in [1.165, 1.54) is 0 Å². The van der Waals surface area contributed by atoms with Crippen LogP contribution in [0.2, 0.25) is 0 Å². The molecule has 1 fully saturated rings. The first kappa shape index (κ1) is 14.8. The van der Waals surface area contributed by atoms with E-state index in [-0.39, 0.29) is 18.1 Å². The maximum atomic E-state index is 12.0. The van der Waals surface area contributed by atoms with Crippen molar-refractivity contribution in [3.05, 3.63) is 29.8 Å². The van der Waals surface area contributed by atoms with Crippen molar-refractivity contribution in [1.29, 1.82) is 0 Å². The van der Waals surface area contributed by atoms with E-state index >= 15 is 0 Å². The van der Waals surface area contributed by atoms with Crippen molar-refractivity contribution in [3.8, 4) is 0 Å². The zero-order valence-electron chi connectivity index (χ0n) is 12.4. The second-order valence-electron chi connectivity index (χ2n) is 5.48. The van der Waals surface area contributed by atoms with E-state index in [9.17, 15) is 4.79 Å². The van der Waals surface area contributed by atoms with E-state index in [0.29, 0.717) is 0 Å². The molecule has 1 saturated heterocycles. The molecule has 1 aliphatic rings. The lowest BCUT2D eigenvalue weighted by Gasteiger charge is -2.15. The number of nitrogens with zero attached hydrogens (tertiary/aromatic N) is 1. The molecule has 0 bridgehead atoms. The quantitative estimate of drug-likeness (QED) is 0.786. The predicted octanol–water partition coefficient (Wildman–Crippen LogP) is 1.79. The highest BCUT2D eigenvalue weighted by Gasteiger charge is 2.20. The molecule has 0 aliphatic carbocycles. The van der Waals surface area contributed by atoms with Crippen LogP contribution in [0.4, 0.5) is 10.5 Å². The number of carbonyl (C=O) groups is 1. The topological polar surface area (TPSA) is 56.4 Å². The third-order valence-electron chi connectivity index (χ3n) is 3.80. The standard InChI is InChI=1S/C15H24N4O/c1-11(16-2)12-5-4-6-13(9-12)17-15(20)18-14-7-8-19(3)10-14/h4-6,9,11,14,16H,7-8,10H2,1-3H3,(H2,17,18,20). The number of likely N-dealkylation sites (N-methyl/N-ethyl adjacent to an activating group) is 1. The zero-order valence-corrected chi connectivity index (χ0v) is 12.4. The van der Waals surface area contributed by atoms with Crippen LogP contribution in [-0.4, -0.2) is 44.2 Å². The van der Waals surface area contributed by atoms with Crippen LogP contribution in [0.3, 0.4) is 0 Å². The molecule has 0 aromatic heterocycles. The van der Waals surface area contributed by atoms with Crippen LogP contribution < -0.4 is 16.0 Å². The number of likely N-dealkylation sites (tertiary alicyclic amines) is 1.